The molecule has 0 bridgehead atoms. The molecule has 0 aliphatic rings. The summed E-state index contributed by atoms with van der Waals surface area (Å²) in [6.45, 7) is 0.726. The molecule has 0 amide bonds. The summed E-state index contributed by atoms with van der Waals surface area (Å²) in [4.78, 5) is 0. The first-order chi connectivity index (χ1) is 8.70. The molecule has 0 aromatic heterocycles. The second-order valence-electron chi connectivity index (χ2n) is 3.81. The van der Waals surface area contributed by atoms with Crippen LogP contribution in [0.5, 0.6) is 5.75 Å². The molecule has 0 saturated carbocycles. The van der Waals surface area contributed by atoms with Crippen molar-refractivity contribution in [2.24, 2.45) is 0 Å². The van der Waals surface area contributed by atoms with Gasteiger partial charge in [0.2, 0.25) is 0 Å². The van der Waals surface area contributed by atoms with E-state index in [1.165, 1.54) is 5.56 Å². The quantitative estimate of drug-likeness (QED) is 0.877. The Hall–Kier alpha value is -1.19. The van der Waals surface area contributed by atoms with E-state index >= 15 is 0 Å². The van der Waals surface area contributed by atoms with E-state index in [0.717, 1.165) is 22.5 Å². The van der Waals surface area contributed by atoms with E-state index in [1.54, 1.807) is 7.11 Å². The summed E-state index contributed by atoms with van der Waals surface area (Å²) < 4.78 is 6.19. The van der Waals surface area contributed by atoms with Gasteiger partial charge in [-0.3, -0.25) is 0 Å². The molecular formula is C14H13BrClNO. The fourth-order valence-corrected chi connectivity index (χ4v) is 2.66. The summed E-state index contributed by atoms with van der Waals surface area (Å²) in [5.74, 6) is 0.760. The Labute approximate surface area is 120 Å². The minimum Gasteiger partial charge on any atom is -0.493 e. The number of nitrogens with one attached hydrogen (secondary N) is 1. The fraction of sp³-hybridized carbons (Fsp3) is 0.143. The highest BCUT2D eigenvalue weighted by molar-refractivity contribution is 9.10. The summed E-state index contributed by atoms with van der Waals surface area (Å²) in [5, 5.41) is 3.99. The molecule has 2 nitrogen and oxygen atoms in total. The predicted molar refractivity (Wildman–Crippen MR) is 79.5 cm³/mol. The first-order valence-electron chi connectivity index (χ1n) is 5.51. The second-order valence-corrected chi connectivity index (χ2v) is 5.10. The lowest BCUT2D eigenvalue weighted by molar-refractivity contribution is 0.414. The minimum absolute atomic E-state index is 0.665. The van der Waals surface area contributed by atoms with Gasteiger partial charge in [0.15, 0.2) is 5.75 Å². The Morgan fingerprint density at radius 2 is 1.94 bits per heavy atom. The van der Waals surface area contributed by atoms with Crippen LogP contribution in [0.3, 0.4) is 0 Å². The molecule has 2 aromatic carbocycles. The summed E-state index contributed by atoms with van der Waals surface area (Å²) in [6, 6.07) is 13.8. The summed E-state index contributed by atoms with van der Waals surface area (Å²) >= 11 is 9.47. The van der Waals surface area contributed by atoms with E-state index in [-0.39, 0.29) is 0 Å². The van der Waals surface area contributed by atoms with Crippen molar-refractivity contribution in [1.29, 1.82) is 0 Å². The zero-order valence-corrected chi connectivity index (χ0v) is 12.3. The van der Waals surface area contributed by atoms with Crippen molar-refractivity contribution in [1.82, 2.24) is 0 Å². The topological polar surface area (TPSA) is 21.3 Å². The molecule has 0 unspecified atom stereocenters. The third-order valence-corrected chi connectivity index (χ3v) is 3.35. The van der Waals surface area contributed by atoms with Gasteiger partial charge < -0.3 is 10.1 Å². The van der Waals surface area contributed by atoms with Crippen LogP contribution in [0.4, 0.5) is 5.69 Å². The maximum Gasteiger partial charge on any atom is 0.156 e. The Morgan fingerprint density at radius 3 is 2.61 bits per heavy atom. The van der Waals surface area contributed by atoms with Gasteiger partial charge in [0.25, 0.3) is 0 Å². The molecule has 0 spiro atoms. The molecule has 0 radical (unpaired) electrons. The smallest absolute Gasteiger partial charge is 0.156 e. The van der Waals surface area contributed by atoms with Gasteiger partial charge >= 0.3 is 0 Å². The molecule has 0 aliphatic carbocycles. The van der Waals surface area contributed by atoms with Crippen molar-refractivity contribution in [2.75, 3.05) is 12.4 Å². The van der Waals surface area contributed by atoms with Crippen molar-refractivity contribution in [3.63, 3.8) is 0 Å². The van der Waals surface area contributed by atoms with Crippen LogP contribution in [0.2, 0.25) is 5.02 Å². The third kappa shape index (κ3) is 3.18. The van der Waals surface area contributed by atoms with Gasteiger partial charge in [0, 0.05) is 11.6 Å². The highest BCUT2D eigenvalue weighted by Crippen LogP contribution is 2.36. The number of halogens is 2. The van der Waals surface area contributed by atoms with Crippen LogP contribution < -0.4 is 10.1 Å². The van der Waals surface area contributed by atoms with Crippen molar-refractivity contribution in [3.05, 3.63) is 57.5 Å². The van der Waals surface area contributed by atoms with Crippen LogP contribution in [0.1, 0.15) is 5.56 Å². The fourth-order valence-electron chi connectivity index (χ4n) is 1.69. The maximum absolute atomic E-state index is 6.04. The number of hydrogen-bond acceptors (Lipinski definition) is 2. The number of hydrogen-bond donors (Lipinski definition) is 1. The van der Waals surface area contributed by atoms with Crippen LogP contribution in [0, 0.1) is 0 Å². The number of methoxy groups -OCH3 is 1. The Kier molecular flexibility index (Phi) is 4.50. The van der Waals surface area contributed by atoms with Gasteiger partial charge in [-0.15, -0.1) is 0 Å². The Morgan fingerprint density at radius 1 is 1.22 bits per heavy atom. The number of anilines is 1. The Balaban J connectivity index is 2.18. The van der Waals surface area contributed by atoms with Gasteiger partial charge in [0.05, 0.1) is 17.3 Å². The van der Waals surface area contributed by atoms with E-state index in [2.05, 4.69) is 33.4 Å². The van der Waals surface area contributed by atoms with E-state index in [4.69, 9.17) is 16.3 Å². The second kappa shape index (κ2) is 6.12. The van der Waals surface area contributed by atoms with Gasteiger partial charge in [-0.05, 0) is 33.6 Å². The van der Waals surface area contributed by atoms with E-state index < -0.39 is 0 Å². The predicted octanol–water partition coefficient (Wildman–Crippen LogP) is 4.72. The molecule has 1 N–H and O–H groups in total. The van der Waals surface area contributed by atoms with Crippen molar-refractivity contribution < 1.29 is 4.74 Å². The van der Waals surface area contributed by atoms with Crippen molar-refractivity contribution in [2.45, 2.75) is 6.54 Å². The lowest BCUT2D eigenvalue weighted by Gasteiger charge is -2.13. The lowest BCUT2D eigenvalue weighted by atomic mass is 10.2. The molecule has 0 fully saturated rings. The monoisotopic (exact) mass is 325 g/mol. The van der Waals surface area contributed by atoms with Crippen LogP contribution >= 0.6 is 27.5 Å². The molecule has 0 aliphatic heterocycles. The number of rotatable bonds is 4. The molecule has 94 valence electrons. The van der Waals surface area contributed by atoms with Gasteiger partial charge in [-0.2, -0.15) is 0 Å². The van der Waals surface area contributed by atoms with Crippen LogP contribution in [0.15, 0.2) is 46.9 Å². The molecule has 18 heavy (non-hydrogen) atoms. The highest BCUT2D eigenvalue weighted by Gasteiger charge is 2.08. The average molecular weight is 327 g/mol. The maximum atomic E-state index is 6.04. The van der Waals surface area contributed by atoms with E-state index in [9.17, 15) is 0 Å². The highest BCUT2D eigenvalue weighted by atomic mass is 79.9. The van der Waals surface area contributed by atoms with Crippen LogP contribution in [0.25, 0.3) is 0 Å². The largest absolute Gasteiger partial charge is 0.493 e. The Bertz CT molecular complexity index is 531. The normalized spacial score (nSPS) is 10.2. The van der Waals surface area contributed by atoms with Gasteiger partial charge in [0.1, 0.15) is 0 Å². The zero-order valence-electron chi connectivity index (χ0n) is 9.91. The van der Waals surface area contributed by atoms with E-state index in [1.807, 2.05) is 30.3 Å². The first kappa shape index (κ1) is 13.2. The van der Waals surface area contributed by atoms with Crippen LogP contribution in [-0.4, -0.2) is 7.11 Å². The zero-order chi connectivity index (χ0) is 13.0. The summed E-state index contributed by atoms with van der Waals surface area (Å²) in [6.07, 6.45) is 0. The number of ether oxygens (including phenoxy) is 1. The van der Waals surface area contributed by atoms with Gasteiger partial charge in [-0.1, -0.05) is 41.9 Å². The van der Waals surface area contributed by atoms with E-state index in [0.29, 0.717) is 5.02 Å². The minimum atomic E-state index is 0.665. The summed E-state index contributed by atoms with van der Waals surface area (Å²) in [5.41, 5.74) is 2.08. The summed E-state index contributed by atoms with van der Waals surface area (Å²) in [7, 11) is 1.64. The molecule has 2 aromatic rings. The first-order valence-corrected chi connectivity index (χ1v) is 6.68. The molecule has 4 heteroatoms. The van der Waals surface area contributed by atoms with Crippen molar-refractivity contribution in [3.8, 4) is 5.75 Å². The third-order valence-electron chi connectivity index (χ3n) is 2.54. The SMILES string of the molecule is COc1c(Br)cc(Cl)cc1NCc1ccccc1. The average Bonchev–Trinajstić information content (AvgIpc) is 2.37. The van der Waals surface area contributed by atoms with Gasteiger partial charge in [-0.25, -0.2) is 0 Å². The van der Waals surface area contributed by atoms with Crippen molar-refractivity contribution >= 4 is 33.2 Å². The molecular weight excluding hydrogens is 314 g/mol. The molecule has 2 rings (SSSR count). The molecule has 0 saturated heterocycles. The molecule has 0 heterocycles. The number of benzene rings is 2. The standard InChI is InChI=1S/C14H13BrClNO/c1-18-14-12(15)7-11(16)8-13(14)17-9-10-5-3-2-4-6-10/h2-8,17H,9H2,1H3. The molecule has 0 atom stereocenters. The van der Waals surface area contributed by atoms with Crippen LogP contribution in [-0.2, 0) is 6.54 Å². The lowest BCUT2D eigenvalue weighted by Crippen LogP contribution is -2.01.